The molecule has 2 rings (SSSR count). The van der Waals surface area contributed by atoms with E-state index in [1.54, 1.807) is 11.8 Å². The molecule has 0 bridgehead atoms. The van der Waals surface area contributed by atoms with Gasteiger partial charge in [0.1, 0.15) is 5.75 Å². The maximum atomic E-state index is 5.50. The van der Waals surface area contributed by atoms with Crippen LogP contribution >= 0.6 is 0 Å². The highest BCUT2D eigenvalue weighted by Crippen LogP contribution is 2.25. The second-order valence-electron chi connectivity index (χ2n) is 4.96. The predicted molar refractivity (Wildman–Crippen MR) is 84.2 cm³/mol. The van der Waals surface area contributed by atoms with E-state index < -0.39 is 0 Å². The number of methoxy groups -OCH3 is 1. The average molecular weight is 289 g/mol. The van der Waals surface area contributed by atoms with Gasteiger partial charge in [-0.3, -0.25) is 0 Å². The molecular weight excluding hydrogens is 266 g/mol. The third-order valence-corrected chi connectivity index (χ3v) is 3.45. The maximum Gasteiger partial charge on any atom is 0.216 e. The smallest absolute Gasteiger partial charge is 0.216 e. The molecule has 0 aliphatic rings. The van der Waals surface area contributed by atoms with E-state index in [2.05, 4.69) is 17.3 Å². The van der Waals surface area contributed by atoms with Gasteiger partial charge in [-0.15, -0.1) is 0 Å². The zero-order valence-corrected chi connectivity index (χ0v) is 13.4. The van der Waals surface area contributed by atoms with Crippen LogP contribution in [0.25, 0.3) is 0 Å². The molecule has 5 nitrogen and oxygen atoms in total. The van der Waals surface area contributed by atoms with Gasteiger partial charge in [0.25, 0.3) is 0 Å². The fourth-order valence-corrected chi connectivity index (χ4v) is 2.41. The first kappa shape index (κ1) is 15.2. The lowest BCUT2D eigenvalue weighted by atomic mass is 10.1. The molecule has 0 saturated heterocycles. The number of aromatic nitrogens is 2. The fraction of sp³-hybridized carbons (Fsp3) is 0.438. The minimum atomic E-state index is 0.678. The van der Waals surface area contributed by atoms with Crippen LogP contribution in [0.3, 0.4) is 0 Å². The Bertz CT molecular complexity index is 620. The van der Waals surface area contributed by atoms with E-state index in [1.807, 2.05) is 39.1 Å². The second kappa shape index (κ2) is 6.52. The number of ether oxygens (including phenoxy) is 2. The van der Waals surface area contributed by atoms with Crippen molar-refractivity contribution >= 4 is 5.69 Å². The molecule has 0 aliphatic heterocycles. The summed E-state index contributed by atoms with van der Waals surface area (Å²) in [6, 6.07) is 6.06. The van der Waals surface area contributed by atoms with E-state index in [9.17, 15) is 0 Å². The first-order chi connectivity index (χ1) is 10.1. The number of nitrogens with one attached hydrogen (secondary N) is 1. The van der Waals surface area contributed by atoms with Crippen LogP contribution in [0.2, 0.25) is 0 Å². The SMILES string of the molecule is CCOc1ccc(NCc2c(C)nn(C)c2OC)c(C)c1. The summed E-state index contributed by atoms with van der Waals surface area (Å²) in [6.45, 7) is 7.40. The predicted octanol–water partition coefficient (Wildman–Crippen LogP) is 3.06. The number of benzene rings is 1. The van der Waals surface area contributed by atoms with Crippen molar-refractivity contribution in [1.82, 2.24) is 9.78 Å². The Labute approximate surface area is 125 Å². The molecule has 0 fully saturated rings. The van der Waals surface area contributed by atoms with Gasteiger partial charge in [0.2, 0.25) is 5.88 Å². The summed E-state index contributed by atoms with van der Waals surface area (Å²) in [4.78, 5) is 0. The van der Waals surface area contributed by atoms with Crippen LogP contribution in [0.5, 0.6) is 11.6 Å². The molecule has 21 heavy (non-hydrogen) atoms. The van der Waals surface area contributed by atoms with E-state index >= 15 is 0 Å². The number of rotatable bonds is 6. The van der Waals surface area contributed by atoms with Crippen molar-refractivity contribution in [2.75, 3.05) is 19.0 Å². The molecule has 5 heteroatoms. The summed E-state index contributed by atoms with van der Waals surface area (Å²) < 4.78 is 12.7. The summed E-state index contributed by atoms with van der Waals surface area (Å²) in [5.74, 6) is 1.69. The molecule has 0 unspecified atom stereocenters. The van der Waals surface area contributed by atoms with E-state index in [0.717, 1.165) is 34.1 Å². The molecule has 0 amide bonds. The molecule has 1 aromatic carbocycles. The van der Waals surface area contributed by atoms with Gasteiger partial charge in [0, 0.05) is 19.3 Å². The first-order valence-corrected chi connectivity index (χ1v) is 7.10. The normalized spacial score (nSPS) is 10.5. The van der Waals surface area contributed by atoms with Crippen molar-refractivity contribution < 1.29 is 9.47 Å². The van der Waals surface area contributed by atoms with E-state index in [0.29, 0.717) is 13.2 Å². The van der Waals surface area contributed by atoms with Crippen LogP contribution in [-0.2, 0) is 13.6 Å². The topological polar surface area (TPSA) is 48.3 Å². The van der Waals surface area contributed by atoms with Crippen molar-refractivity contribution in [1.29, 1.82) is 0 Å². The molecule has 0 aliphatic carbocycles. The zero-order chi connectivity index (χ0) is 15.4. The van der Waals surface area contributed by atoms with Gasteiger partial charge in [-0.1, -0.05) is 0 Å². The minimum Gasteiger partial charge on any atom is -0.494 e. The van der Waals surface area contributed by atoms with Gasteiger partial charge in [-0.05, 0) is 44.5 Å². The molecule has 114 valence electrons. The zero-order valence-electron chi connectivity index (χ0n) is 13.4. The molecule has 0 spiro atoms. The van der Waals surface area contributed by atoms with Gasteiger partial charge < -0.3 is 14.8 Å². The highest BCUT2D eigenvalue weighted by atomic mass is 16.5. The van der Waals surface area contributed by atoms with Gasteiger partial charge in [-0.2, -0.15) is 5.10 Å². The Morgan fingerprint density at radius 2 is 2.05 bits per heavy atom. The largest absolute Gasteiger partial charge is 0.494 e. The lowest BCUT2D eigenvalue weighted by Crippen LogP contribution is -2.04. The molecule has 0 atom stereocenters. The molecule has 0 radical (unpaired) electrons. The number of aryl methyl sites for hydroxylation is 3. The first-order valence-electron chi connectivity index (χ1n) is 7.10. The van der Waals surface area contributed by atoms with E-state index in [1.165, 1.54) is 0 Å². The number of anilines is 1. The Hall–Kier alpha value is -2.17. The summed E-state index contributed by atoms with van der Waals surface area (Å²) in [5, 5.41) is 7.83. The van der Waals surface area contributed by atoms with Crippen LogP contribution in [0, 0.1) is 13.8 Å². The Kier molecular flexibility index (Phi) is 4.73. The highest BCUT2D eigenvalue weighted by Gasteiger charge is 2.13. The molecule has 2 aromatic rings. The summed E-state index contributed by atoms with van der Waals surface area (Å²) in [7, 11) is 3.56. The maximum absolute atomic E-state index is 5.50. The highest BCUT2D eigenvalue weighted by molar-refractivity contribution is 5.54. The molecule has 0 saturated carbocycles. The summed E-state index contributed by atoms with van der Waals surface area (Å²) >= 11 is 0. The average Bonchev–Trinajstić information content (AvgIpc) is 2.72. The van der Waals surface area contributed by atoms with Crippen LogP contribution in [0.15, 0.2) is 18.2 Å². The fourth-order valence-electron chi connectivity index (χ4n) is 2.41. The van der Waals surface area contributed by atoms with Crippen LogP contribution in [0.1, 0.15) is 23.7 Å². The lowest BCUT2D eigenvalue weighted by Gasteiger charge is -2.12. The number of hydrogen-bond acceptors (Lipinski definition) is 4. The van der Waals surface area contributed by atoms with Gasteiger partial charge in [0.15, 0.2) is 0 Å². The van der Waals surface area contributed by atoms with E-state index in [-0.39, 0.29) is 0 Å². The molecule has 1 heterocycles. The van der Waals surface area contributed by atoms with Crippen LogP contribution < -0.4 is 14.8 Å². The molecular formula is C16H23N3O2. The number of hydrogen-bond donors (Lipinski definition) is 1. The second-order valence-corrected chi connectivity index (χ2v) is 4.96. The van der Waals surface area contributed by atoms with Crippen molar-refractivity contribution in [2.24, 2.45) is 7.05 Å². The van der Waals surface area contributed by atoms with Gasteiger partial charge in [0.05, 0.1) is 25.0 Å². The quantitative estimate of drug-likeness (QED) is 0.888. The van der Waals surface area contributed by atoms with Crippen molar-refractivity contribution in [3.63, 3.8) is 0 Å². The summed E-state index contributed by atoms with van der Waals surface area (Å²) in [5.41, 5.74) is 4.30. The van der Waals surface area contributed by atoms with Crippen LogP contribution in [0.4, 0.5) is 5.69 Å². The van der Waals surface area contributed by atoms with Gasteiger partial charge in [-0.25, -0.2) is 4.68 Å². The van der Waals surface area contributed by atoms with Crippen molar-refractivity contribution in [3.8, 4) is 11.6 Å². The molecule has 1 N–H and O–H groups in total. The minimum absolute atomic E-state index is 0.678. The Balaban J connectivity index is 2.13. The number of nitrogens with zero attached hydrogens (tertiary/aromatic N) is 2. The Morgan fingerprint density at radius 3 is 2.67 bits per heavy atom. The summed E-state index contributed by atoms with van der Waals surface area (Å²) in [6.07, 6.45) is 0. The monoisotopic (exact) mass is 289 g/mol. The lowest BCUT2D eigenvalue weighted by molar-refractivity contribution is 0.340. The third kappa shape index (κ3) is 3.29. The van der Waals surface area contributed by atoms with Gasteiger partial charge >= 0.3 is 0 Å². The van der Waals surface area contributed by atoms with Crippen molar-refractivity contribution in [2.45, 2.75) is 27.3 Å². The van der Waals surface area contributed by atoms with Crippen LogP contribution in [-0.4, -0.2) is 23.5 Å². The van der Waals surface area contributed by atoms with E-state index in [4.69, 9.17) is 9.47 Å². The van der Waals surface area contributed by atoms with Crippen molar-refractivity contribution in [3.05, 3.63) is 35.0 Å². The molecule has 1 aromatic heterocycles. The standard InChI is InChI=1S/C16H23N3O2/c1-6-21-13-7-8-15(11(2)9-13)17-10-14-12(3)18-19(4)16(14)20-5/h7-9,17H,6,10H2,1-5H3. The third-order valence-electron chi connectivity index (χ3n) is 3.45. The Morgan fingerprint density at radius 1 is 1.29 bits per heavy atom.